The van der Waals surface area contributed by atoms with Crippen LogP contribution in [0.4, 0.5) is 10.1 Å². The number of halogens is 1. The number of rotatable bonds is 5. The molecule has 0 aliphatic rings. The molecule has 0 aliphatic carbocycles. The van der Waals surface area contributed by atoms with Gasteiger partial charge in [-0.2, -0.15) is 0 Å². The van der Waals surface area contributed by atoms with Crippen molar-refractivity contribution in [3.05, 3.63) is 71.6 Å². The van der Waals surface area contributed by atoms with Crippen molar-refractivity contribution in [3.8, 4) is 0 Å². The normalized spacial score (nSPS) is 10.8. The van der Waals surface area contributed by atoms with Crippen LogP contribution in [0.25, 0.3) is 6.08 Å². The van der Waals surface area contributed by atoms with Crippen molar-refractivity contribution in [2.75, 3.05) is 11.9 Å². The topological polar surface area (TPSA) is 40.5 Å². The monoisotopic (exact) mass is 285 g/mol. The molecule has 2 aromatic carbocycles. The standard InChI is InChI=1S/C17H16FNO2/c1-19(12-14-4-2-3-5-16(14)18)15-9-6-13(7-10-15)8-11-17(20)21/h2-11H,12H2,1H3,(H,20,21). The first-order valence-electron chi connectivity index (χ1n) is 6.52. The van der Waals surface area contributed by atoms with Gasteiger partial charge in [0, 0.05) is 30.9 Å². The van der Waals surface area contributed by atoms with E-state index >= 15 is 0 Å². The minimum absolute atomic E-state index is 0.217. The molecule has 0 unspecified atom stereocenters. The van der Waals surface area contributed by atoms with E-state index in [1.807, 2.05) is 42.3 Å². The predicted octanol–water partition coefficient (Wildman–Crippen LogP) is 3.56. The van der Waals surface area contributed by atoms with Gasteiger partial charge < -0.3 is 10.0 Å². The van der Waals surface area contributed by atoms with Gasteiger partial charge in [0.25, 0.3) is 0 Å². The molecule has 0 aliphatic heterocycles. The summed E-state index contributed by atoms with van der Waals surface area (Å²) in [5.41, 5.74) is 2.38. The maximum absolute atomic E-state index is 13.6. The van der Waals surface area contributed by atoms with Gasteiger partial charge >= 0.3 is 5.97 Å². The zero-order valence-corrected chi connectivity index (χ0v) is 11.7. The molecule has 0 saturated heterocycles. The van der Waals surface area contributed by atoms with Crippen molar-refractivity contribution in [3.63, 3.8) is 0 Å². The molecule has 0 heterocycles. The third-order valence-electron chi connectivity index (χ3n) is 3.12. The quantitative estimate of drug-likeness (QED) is 0.854. The zero-order valence-electron chi connectivity index (χ0n) is 11.7. The molecule has 0 amide bonds. The zero-order chi connectivity index (χ0) is 15.2. The van der Waals surface area contributed by atoms with Gasteiger partial charge in [-0.3, -0.25) is 0 Å². The Labute approximate surface area is 123 Å². The predicted molar refractivity (Wildman–Crippen MR) is 81.6 cm³/mol. The van der Waals surface area contributed by atoms with Crippen LogP contribution in [0.2, 0.25) is 0 Å². The minimum Gasteiger partial charge on any atom is -0.478 e. The first-order valence-corrected chi connectivity index (χ1v) is 6.52. The van der Waals surface area contributed by atoms with Crippen LogP contribution in [0, 0.1) is 5.82 Å². The van der Waals surface area contributed by atoms with E-state index in [9.17, 15) is 9.18 Å². The second kappa shape index (κ2) is 6.70. The van der Waals surface area contributed by atoms with E-state index in [-0.39, 0.29) is 5.82 Å². The fourth-order valence-corrected chi connectivity index (χ4v) is 1.98. The summed E-state index contributed by atoms with van der Waals surface area (Å²) in [6.45, 7) is 0.469. The van der Waals surface area contributed by atoms with Crippen LogP contribution in [0.5, 0.6) is 0 Å². The van der Waals surface area contributed by atoms with Gasteiger partial charge in [0.1, 0.15) is 5.82 Å². The Balaban J connectivity index is 2.08. The molecule has 108 valence electrons. The Morgan fingerprint density at radius 3 is 2.48 bits per heavy atom. The highest BCUT2D eigenvalue weighted by Crippen LogP contribution is 2.18. The van der Waals surface area contributed by atoms with Gasteiger partial charge in [0.15, 0.2) is 0 Å². The van der Waals surface area contributed by atoms with Crippen molar-refractivity contribution in [1.82, 2.24) is 0 Å². The molecule has 2 aromatic rings. The molecular weight excluding hydrogens is 269 g/mol. The molecule has 21 heavy (non-hydrogen) atoms. The molecule has 2 rings (SSSR count). The van der Waals surface area contributed by atoms with Crippen molar-refractivity contribution in [2.24, 2.45) is 0 Å². The Morgan fingerprint density at radius 2 is 1.86 bits per heavy atom. The van der Waals surface area contributed by atoms with Gasteiger partial charge in [0.2, 0.25) is 0 Å². The van der Waals surface area contributed by atoms with Crippen LogP contribution < -0.4 is 4.90 Å². The Morgan fingerprint density at radius 1 is 1.19 bits per heavy atom. The SMILES string of the molecule is CN(Cc1ccccc1F)c1ccc(C=CC(=O)O)cc1. The number of aliphatic carboxylic acids is 1. The Hall–Kier alpha value is -2.62. The number of hydrogen-bond acceptors (Lipinski definition) is 2. The molecule has 0 spiro atoms. The number of benzene rings is 2. The molecule has 0 aromatic heterocycles. The number of nitrogens with zero attached hydrogens (tertiary/aromatic N) is 1. The number of carboxylic acid groups (broad SMARTS) is 1. The molecule has 1 N–H and O–H groups in total. The van der Waals surface area contributed by atoms with Crippen LogP contribution in [-0.2, 0) is 11.3 Å². The summed E-state index contributed by atoms with van der Waals surface area (Å²) >= 11 is 0. The van der Waals surface area contributed by atoms with Crippen molar-refractivity contribution in [1.29, 1.82) is 0 Å². The summed E-state index contributed by atoms with van der Waals surface area (Å²) in [4.78, 5) is 12.4. The van der Waals surface area contributed by atoms with Gasteiger partial charge in [0.05, 0.1) is 0 Å². The van der Waals surface area contributed by atoms with Crippen LogP contribution >= 0.6 is 0 Å². The number of hydrogen-bond donors (Lipinski definition) is 1. The summed E-state index contributed by atoms with van der Waals surface area (Å²) in [5, 5.41) is 8.58. The lowest BCUT2D eigenvalue weighted by molar-refractivity contribution is -0.131. The van der Waals surface area contributed by atoms with Crippen molar-refractivity contribution in [2.45, 2.75) is 6.54 Å². The lowest BCUT2D eigenvalue weighted by Gasteiger charge is -2.19. The second-order valence-electron chi connectivity index (χ2n) is 4.71. The van der Waals surface area contributed by atoms with E-state index in [0.717, 1.165) is 17.3 Å². The first-order chi connectivity index (χ1) is 10.1. The lowest BCUT2D eigenvalue weighted by atomic mass is 10.1. The van der Waals surface area contributed by atoms with Gasteiger partial charge in [-0.25, -0.2) is 9.18 Å². The summed E-state index contributed by atoms with van der Waals surface area (Å²) in [5.74, 6) is -1.19. The van der Waals surface area contributed by atoms with Crippen LogP contribution in [-0.4, -0.2) is 18.1 Å². The molecule has 0 radical (unpaired) electrons. The molecular formula is C17H16FNO2. The largest absolute Gasteiger partial charge is 0.478 e. The fraction of sp³-hybridized carbons (Fsp3) is 0.118. The molecule has 0 bridgehead atoms. The third-order valence-corrected chi connectivity index (χ3v) is 3.12. The fourth-order valence-electron chi connectivity index (χ4n) is 1.98. The molecule has 4 heteroatoms. The van der Waals surface area contributed by atoms with Gasteiger partial charge in [-0.1, -0.05) is 30.3 Å². The Bertz CT molecular complexity index is 650. The summed E-state index contributed by atoms with van der Waals surface area (Å²) in [7, 11) is 1.88. The smallest absolute Gasteiger partial charge is 0.328 e. The maximum Gasteiger partial charge on any atom is 0.328 e. The van der Waals surface area contributed by atoms with Crippen LogP contribution in [0.1, 0.15) is 11.1 Å². The third kappa shape index (κ3) is 4.18. The highest BCUT2D eigenvalue weighted by atomic mass is 19.1. The van der Waals surface area contributed by atoms with E-state index in [1.54, 1.807) is 12.1 Å². The molecule has 3 nitrogen and oxygen atoms in total. The van der Waals surface area contributed by atoms with E-state index < -0.39 is 5.97 Å². The lowest BCUT2D eigenvalue weighted by Crippen LogP contribution is -2.17. The van der Waals surface area contributed by atoms with Gasteiger partial charge in [-0.05, 0) is 29.8 Å². The van der Waals surface area contributed by atoms with E-state index in [4.69, 9.17) is 5.11 Å². The number of carbonyl (C=O) groups is 1. The highest BCUT2D eigenvalue weighted by Gasteiger charge is 2.05. The summed E-state index contributed by atoms with van der Waals surface area (Å²) < 4.78 is 13.6. The average Bonchev–Trinajstić information content (AvgIpc) is 2.48. The average molecular weight is 285 g/mol. The highest BCUT2D eigenvalue weighted by molar-refractivity contribution is 5.85. The minimum atomic E-state index is -0.976. The summed E-state index contributed by atoms with van der Waals surface area (Å²) in [6, 6.07) is 14.1. The molecule has 0 atom stereocenters. The second-order valence-corrected chi connectivity index (χ2v) is 4.71. The van der Waals surface area contributed by atoms with Crippen molar-refractivity contribution >= 4 is 17.7 Å². The van der Waals surface area contributed by atoms with Crippen molar-refractivity contribution < 1.29 is 14.3 Å². The van der Waals surface area contributed by atoms with E-state index in [2.05, 4.69) is 0 Å². The first kappa shape index (κ1) is 14.8. The Kier molecular flexibility index (Phi) is 4.72. The van der Waals surface area contributed by atoms with Gasteiger partial charge in [-0.15, -0.1) is 0 Å². The maximum atomic E-state index is 13.6. The van der Waals surface area contributed by atoms with Crippen LogP contribution in [0.3, 0.4) is 0 Å². The van der Waals surface area contributed by atoms with E-state index in [1.165, 1.54) is 12.1 Å². The summed E-state index contributed by atoms with van der Waals surface area (Å²) in [6.07, 6.45) is 2.63. The van der Waals surface area contributed by atoms with Crippen LogP contribution in [0.15, 0.2) is 54.6 Å². The number of anilines is 1. The molecule has 0 saturated carbocycles. The van der Waals surface area contributed by atoms with E-state index in [0.29, 0.717) is 12.1 Å². The number of carboxylic acids is 1. The molecule has 0 fully saturated rings.